The van der Waals surface area contributed by atoms with Gasteiger partial charge in [-0.05, 0) is 104 Å². The summed E-state index contributed by atoms with van der Waals surface area (Å²) in [7, 11) is 0. The third kappa shape index (κ3) is 25.8. The zero-order valence-electron chi connectivity index (χ0n) is 48.1. The van der Waals surface area contributed by atoms with Crippen LogP contribution in [0.25, 0.3) is 0 Å². The first-order valence-corrected chi connectivity index (χ1v) is 28.8. The average Bonchev–Trinajstić information content (AvgIpc) is 3.57. The fourth-order valence-corrected chi connectivity index (χ4v) is 8.97. The minimum Gasteiger partial charge on any atom is -0.508 e. The number of amides is 8. The Morgan fingerprint density at radius 2 is 0.893 bits per heavy atom. The minimum atomic E-state index is -1.81. The molecule has 0 aliphatic heterocycles. The monoisotopic (exact) mass is 1190 g/mol. The molecule has 0 radical (unpaired) electrons. The zero-order valence-corrected chi connectivity index (χ0v) is 48.9. The van der Waals surface area contributed by atoms with Crippen LogP contribution in [0.15, 0.2) is 83.9 Å². The van der Waals surface area contributed by atoms with Crippen molar-refractivity contribution in [2.24, 2.45) is 34.0 Å². The van der Waals surface area contributed by atoms with Crippen LogP contribution in [-0.2, 0) is 67.2 Å². The van der Waals surface area contributed by atoms with Crippen molar-refractivity contribution in [3.8, 4) is 11.5 Å². The van der Waals surface area contributed by atoms with Gasteiger partial charge in [0.1, 0.15) is 59.8 Å². The Morgan fingerprint density at radius 1 is 0.488 bits per heavy atom. The van der Waals surface area contributed by atoms with Crippen LogP contribution < -0.4 is 59.7 Å². The highest BCUT2D eigenvalue weighted by Crippen LogP contribution is 2.16. The van der Waals surface area contributed by atoms with E-state index in [-0.39, 0.29) is 86.5 Å². The van der Waals surface area contributed by atoms with Crippen molar-refractivity contribution < 1.29 is 68.4 Å². The Hall–Kier alpha value is -8.46. The number of thioether (sulfide) groups is 1. The molecule has 0 heterocycles. The lowest BCUT2D eigenvalue weighted by atomic mass is 9.99. The molecule has 27 heteroatoms. The van der Waals surface area contributed by atoms with Gasteiger partial charge in [0.25, 0.3) is 0 Å². The van der Waals surface area contributed by atoms with Gasteiger partial charge in [-0.2, -0.15) is 11.8 Å². The molecule has 460 valence electrons. The molecule has 3 aromatic carbocycles. The van der Waals surface area contributed by atoms with Gasteiger partial charge in [-0.25, -0.2) is 4.79 Å². The number of carbonyl (C=O) groups is 10. The number of aliphatic carboxylic acids is 2. The molecule has 26 nitrogen and oxygen atoms in total. The highest BCUT2D eigenvalue weighted by Gasteiger charge is 2.35. The molecular weight excluding hydrogens is 1110 g/mol. The molecule has 0 spiro atoms. The summed E-state index contributed by atoms with van der Waals surface area (Å²) >= 11 is 1.29. The summed E-state index contributed by atoms with van der Waals surface area (Å²) in [5.74, 6) is -10.1. The molecule has 84 heavy (non-hydrogen) atoms. The number of nitrogens with zero attached hydrogens (tertiary/aromatic N) is 1. The van der Waals surface area contributed by atoms with Crippen molar-refractivity contribution in [1.82, 2.24) is 42.5 Å². The predicted octanol–water partition coefficient (Wildman–Crippen LogP) is -0.191. The minimum absolute atomic E-state index is 0.0512. The van der Waals surface area contributed by atoms with Gasteiger partial charge in [0.05, 0.1) is 12.5 Å². The quantitative estimate of drug-likeness (QED) is 0.0204. The Kier molecular flexibility index (Phi) is 29.5. The van der Waals surface area contributed by atoms with Gasteiger partial charge >= 0.3 is 11.9 Å². The van der Waals surface area contributed by atoms with Crippen molar-refractivity contribution in [2.75, 3.05) is 18.6 Å². The molecule has 8 amide bonds. The first-order chi connectivity index (χ1) is 39.6. The zero-order chi connectivity index (χ0) is 62.6. The normalized spacial score (nSPS) is 14.3. The van der Waals surface area contributed by atoms with Crippen molar-refractivity contribution in [3.05, 3.63) is 95.6 Å². The highest BCUT2D eigenvalue weighted by atomic mass is 32.2. The van der Waals surface area contributed by atoms with E-state index in [1.165, 1.54) is 67.2 Å². The molecule has 3 aromatic rings. The fraction of sp³-hybridized carbons (Fsp3) is 0.491. The van der Waals surface area contributed by atoms with Crippen molar-refractivity contribution >= 4 is 76.9 Å². The number of phenols is 2. The topological polar surface area (TPSA) is 438 Å². The van der Waals surface area contributed by atoms with E-state index in [2.05, 4.69) is 47.5 Å². The lowest BCUT2D eigenvalue weighted by molar-refractivity contribution is -0.143. The number of guanidine groups is 1. The van der Waals surface area contributed by atoms with Gasteiger partial charge in [0, 0.05) is 25.8 Å². The second-order valence-corrected chi connectivity index (χ2v) is 22.1. The number of aliphatic imine (C=N–C) groups is 1. The van der Waals surface area contributed by atoms with Crippen molar-refractivity contribution in [2.45, 2.75) is 147 Å². The van der Waals surface area contributed by atoms with Crippen molar-refractivity contribution in [3.63, 3.8) is 0 Å². The van der Waals surface area contributed by atoms with Gasteiger partial charge in [-0.15, -0.1) is 0 Å². The highest BCUT2D eigenvalue weighted by molar-refractivity contribution is 7.98. The van der Waals surface area contributed by atoms with Crippen LogP contribution in [0.3, 0.4) is 0 Å². The van der Waals surface area contributed by atoms with Gasteiger partial charge in [-0.3, -0.25) is 48.1 Å². The van der Waals surface area contributed by atoms with E-state index in [9.17, 15) is 68.4 Å². The van der Waals surface area contributed by atoms with Crippen LogP contribution >= 0.6 is 11.8 Å². The summed E-state index contributed by atoms with van der Waals surface area (Å²) in [6, 6.07) is 7.24. The van der Waals surface area contributed by atoms with Crippen LogP contribution in [0.4, 0.5) is 0 Å². The Bertz CT molecular complexity index is 2710. The second kappa shape index (κ2) is 35.5. The standard InChI is InChI=1S/C57H82N12O14S/c1-31(2)25-39(58)49(75)65-42(26-32(3)4)53(79)64-40(13-10-23-61-57(59)60)50(76)66-44(28-35-14-18-37(70)19-15-35)54(80)67-43(27-34-11-8-7-9-12-34)52(78)62-33(5)48(74)63-41(22-24-84-6)51(77)68-45(30-47(72)73)55(81)69-46(56(82)83)29-36-16-20-38(71)21-17-36/h7-9,11-12,14-21,31-33,39-46,70-71H,10,13,22-30,58H2,1-6H3,(H,62,78)(H,63,74)(H,64,79)(H,65,75)(H,66,76)(H,67,80)(H,68,77)(H,69,81)(H,72,73)(H,82,83)(H4,59,60,61). The van der Waals surface area contributed by atoms with Gasteiger partial charge in [0.2, 0.25) is 47.3 Å². The van der Waals surface area contributed by atoms with E-state index < -0.39 is 120 Å². The second-order valence-electron chi connectivity index (χ2n) is 21.1. The van der Waals surface area contributed by atoms with Crippen LogP contribution in [0.5, 0.6) is 11.5 Å². The van der Waals surface area contributed by atoms with E-state index >= 15 is 0 Å². The molecule has 0 bridgehead atoms. The summed E-state index contributed by atoms with van der Waals surface area (Å²) in [4.78, 5) is 140. The largest absolute Gasteiger partial charge is 0.508 e. The number of carboxylic acids is 2. The Labute approximate surface area is 492 Å². The SMILES string of the molecule is CSCCC(NC(=O)C(C)NC(=O)C(Cc1ccccc1)NC(=O)C(Cc1ccc(O)cc1)NC(=O)C(CCCN=C(N)N)NC(=O)C(CC(C)C)NC(=O)C(N)CC(C)C)C(=O)NC(CC(=O)O)C(=O)NC(Cc1ccc(O)cc1)C(=O)O. The van der Waals surface area contributed by atoms with Crippen molar-refractivity contribution in [1.29, 1.82) is 0 Å². The predicted molar refractivity (Wildman–Crippen MR) is 315 cm³/mol. The molecule has 3 rings (SSSR count). The number of nitrogens with two attached hydrogens (primary N) is 3. The van der Waals surface area contributed by atoms with Gasteiger partial charge in [0.15, 0.2) is 5.96 Å². The molecule has 0 aromatic heterocycles. The molecule has 0 saturated heterocycles. The van der Waals surface area contributed by atoms with E-state index in [0.29, 0.717) is 23.1 Å². The number of carbonyl (C=O) groups excluding carboxylic acids is 8. The van der Waals surface area contributed by atoms with E-state index in [1.54, 1.807) is 36.6 Å². The van der Waals surface area contributed by atoms with Gasteiger partial charge < -0.3 is 80.2 Å². The molecule has 0 aliphatic carbocycles. The number of rotatable bonds is 36. The first-order valence-electron chi connectivity index (χ1n) is 27.4. The summed E-state index contributed by atoms with van der Waals surface area (Å²) in [6.07, 6.45) is 0.712. The molecule has 0 aliphatic rings. The molecule has 18 N–H and O–H groups in total. The molecule has 9 atom stereocenters. The maximum absolute atomic E-state index is 14.7. The van der Waals surface area contributed by atoms with E-state index in [0.717, 1.165) is 0 Å². The van der Waals surface area contributed by atoms with Crippen LogP contribution in [0.1, 0.15) is 89.8 Å². The number of aromatic hydroxyl groups is 2. The Balaban J connectivity index is 1.93. The smallest absolute Gasteiger partial charge is 0.326 e. The average molecular weight is 1190 g/mol. The van der Waals surface area contributed by atoms with Crippen LogP contribution in [0.2, 0.25) is 0 Å². The lowest BCUT2D eigenvalue weighted by Gasteiger charge is -2.28. The Morgan fingerprint density at radius 3 is 1.38 bits per heavy atom. The number of phenolic OH excluding ortho intramolecular Hbond substituents is 2. The summed E-state index contributed by atoms with van der Waals surface area (Å²) < 4.78 is 0. The third-order valence-electron chi connectivity index (χ3n) is 12.9. The number of benzene rings is 3. The molecule has 0 saturated carbocycles. The maximum Gasteiger partial charge on any atom is 0.326 e. The van der Waals surface area contributed by atoms with E-state index in [4.69, 9.17) is 17.2 Å². The van der Waals surface area contributed by atoms with Crippen LogP contribution in [-0.4, -0.2) is 159 Å². The number of carboxylic acid groups (broad SMARTS) is 2. The molecular formula is C57H82N12O14S. The third-order valence-corrected chi connectivity index (χ3v) is 13.5. The van der Waals surface area contributed by atoms with Crippen LogP contribution in [0, 0.1) is 11.8 Å². The molecule has 0 fully saturated rings. The number of nitrogens with one attached hydrogen (secondary N) is 8. The van der Waals surface area contributed by atoms with E-state index in [1.807, 2.05) is 27.7 Å². The van der Waals surface area contributed by atoms with Gasteiger partial charge in [-0.1, -0.05) is 82.3 Å². The molecule has 9 unspecified atom stereocenters. The first kappa shape index (κ1) is 69.8. The number of hydrogen-bond donors (Lipinski definition) is 15. The maximum atomic E-state index is 14.7. The summed E-state index contributed by atoms with van der Waals surface area (Å²) in [5, 5.41) is 59.8. The number of hydrogen-bond acceptors (Lipinski definition) is 15. The summed E-state index contributed by atoms with van der Waals surface area (Å²) in [6.45, 7) is 8.84. The fourth-order valence-electron chi connectivity index (χ4n) is 8.50. The lowest BCUT2D eigenvalue weighted by Crippen LogP contribution is -2.60. The summed E-state index contributed by atoms with van der Waals surface area (Å²) in [5.41, 5.74) is 18.7.